The SMILES string of the molecule is Cc1cccc2c(=O)n(CCC(=O)NCc3ccccc3)cnc12. The number of para-hydroxylation sites is 1. The molecule has 1 N–H and O–H groups in total. The molecule has 5 heteroatoms. The highest BCUT2D eigenvalue weighted by molar-refractivity contribution is 5.80. The number of carbonyl (C=O) groups excluding carboxylic acids is 1. The third-order valence-corrected chi connectivity index (χ3v) is 3.97. The Morgan fingerprint density at radius 1 is 1.12 bits per heavy atom. The van der Waals surface area contributed by atoms with Crippen molar-refractivity contribution in [2.45, 2.75) is 26.4 Å². The van der Waals surface area contributed by atoms with E-state index in [0.29, 0.717) is 24.0 Å². The van der Waals surface area contributed by atoms with E-state index >= 15 is 0 Å². The van der Waals surface area contributed by atoms with Gasteiger partial charge in [0, 0.05) is 19.5 Å². The number of hydrogen-bond acceptors (Lipinski definition) is 3. The van der Waals surface area contributed by atoms with Crippen molar-refractivity contribution >= 4 is 16.8 Å². The molecule has 1 heterocycles. The standard InChI is InChI=1S/C19H19N3O2/c1-14-6-5-9-16-18(14)21-13-22(19(16)24)11-10-17(23)20-12-15-7-3-2-4-8-15/h2-9,13H,10-12H2,1H3,(H,20,23). The number of nitrogens with zero attached hydrogens (tertiary/aromatic N) is 2. The minimum atomic E-state index is -0.112. The van der Waals surface area contributed by atoms with Gasteiger partial charge in [-0.05, 0) is 24.1 Å². The first kappa shape index (κ1) is 15.9. The fourth-order valence-electron chi connectivity index (χ4n) is 2.60. The van der Waals surface area contributed by atoms with Crippen LogP contribution in [0.3, 0.4) is 0 Å². The van der Waals surface area contributed by atoms with Gasteiger partial charge in [0.1, 0.15) is 0 Å². The van der Waals surface area contributed by atoms with Crippen molar-refractivity contribution in [1.82, 2.24) is 14.9 Å². The minimum absolute atomic E-state index is 0.0879. The van der Waals surface area contributed by atoms with E-state index in [2.05, 4.69) is 10.3 Å². The van der Waals surface area contributed by atoms with Crippen molar-refractivity contribution in [2.24, 2.45) is 0 Å². The summed E-state index contributed by atoms with van der Waals surface area (Å²) in [6.45, 7) is 2.73. The molecule has 3 rings (SSSR count). The number of nitrogens with one attached hydrogen (secondary N) is 1. The third kappa shape index (κ3) is 3.51. The summed E-state index contributed by atoms with van der Waals surface area (Å²) in [6, 6.07) is 15.3. The lowest BCUT2D eigenvalue weighted by Crippen LogP contribution is -2.27. The zero-order chi connectivity index (χ0) is 16.9. The number of rotatable bonds is 5. The Hall–Kier alpha value is -2.95. The lowest BCUT2D eigenvalue weighted by molar-refractivity contribution is -0.121. The van der Waals surface area contributed by atoms with Crippen LogP contribution in [0, 0.1) is 6.92 Å². The molecule has 0 unspecified atom stereocenters. The molecule has 3 aromatic rings. The van der Waals surface area contributed by atoms with Crippen molar-refractivity contribution in [3.05, 3.63) is 76.3 Å². The molecule has 1 aromatic heterocycles. The zero-order valence-electron chi connectivity index (χ0n) is 13.5. The second kappa shape index (κ2) is 7.08. The molecule has 1 amide bonds. The van der Waals surface area contributed by atoms with Gasteiger partial charge in [-0.2, -0.15) is 0 Å². The predicted molar refractivity (Wildman–Crippen MR) is 93.6 cm³/mol. The van der Waals surface area contributed by atoms with Crippen LogP contribution in [-0.4, -0.2) is 15.5 Å². The topological polar surface area (TPSA) is 64.0 Å². The van der Waals surface area contributed by atoms with Crippen LogP contribution in [0.2, 0.25) is 0 Å². The molecule has 0 aliphatic rings. The highest BCUT2D eigenvalue weighted by atomic mass is 16.1. The highest BCUT2D eigenvalue weighted by Crippen LogP contribution is 2.11. The summed E-state index contributed by atoms with van der Waals surface area (Å²) >= 11 is 0. The number of benzene rings is 2. The maximum Gasteiger partial charge on any atom is 0.261 e. The van der Waals surface area contributed by atoms with E-state index in [-0.39, 0.29) is 17.9 Å². The second-order valence-corrected chi connectivity index (χ2v) is 5.73. The summed E-state index contributed by atoms with van der Waals surface area (Å²) < 4.78 is 1.49. The summed E-state index contributed by atoms with van der Waals surface area (Å²) in [6.07, 6.45) is 1.76. The molecule has 0 atom stereocenters. The van der Waals surface area contributed by atoms with Crippen molar-refractivity contribution in [3.8, 4) is 0 Å². The number of aryl methyl sites for hydroxylation is 2. The van der Waals surface area contributed by atoms with Crippen LogP contribution in [0.25, 0.3) is 10.9 Å². The lowest BCUT2D eigenvalue weighted by Gasteiger charge is -2.08. The van der Waals surface area contributed by atoms with Crippen LogP contribution in [0.4, 0.5) is 0 Å². The monoisotopic (exact) mass is 321 g/mol. The Labute approximate surface area is 140 Å². The van der Waals surface area contributed by atoms with Gasteiger partial charge in [0.2, 0.25) is 5.91 Å². The van der Waals surface area contributed by atoms with Crippen molar-refractivity contribution in [3.63, 3.8) is 0 Å². The fraction of sp³-hybridized carbons (Fsp3) is 0.211. The Bertz CT molecular complexity index is 917. The zero-order valence-corrected chi connectivity index (χ0v) is 13.5. The molecule has 0 fully saturated rings. The van der Waals surface area contributed by atoms with E-state index in [0.717, 1.165) is 11.1 Å². The molecule has 0 bridgehead atoms. The first-order valence-corrected chi connectivity index (χ1v) is 7.90. The smallest absolute Gasteiger partial charge is 0.261 e. The normalized spacial score (nSPS) is 10.7. The van der Waals surface area contributed by atoms with E-state index in [4.69, 9.17) is 0 Å². The molecule has 0 aliphatic carbocycles. The van der Waals surface area contributed by atoms with E-state index in [1.807, 2.05) is 49.4 Å². The van der Waals surface area contributed by atoms with Gasteiger partial charge in [0.25, 0.3) is 5.56 Å². The third-order valence-electron chi connectivity index (χ3n) is 3.97. The maximum atomic E-state index is 12.5. The van der Waals surface area contributed by atoms with Crippen molar-refractivity contribution in [1.29, 1.82) is 0 Å². The molecular formula is C19H19N3O2. The van der Waals surface area contributed by atoms with Crippen LogP contribution >= 0.6 is 0 Å². The number of amides is 1. The lowest BCUT2D eigenvalue weighted by atomic mass is 10.1. The minimum Gasteiger partial charge on any atom is -0.352 e. The van der Waals surface area contributed by atoms with E-state index in [9.17, 15) is 9.59 Å². The van der Waals surface area contributed by atoms with Gasteiger partial charge in [-0.3, -0.25) is 14.2 Å². The van der Waals surface area contributed by atoms with Crippen LogP contribution < -0.4 is 10.9 Å². The number of hydrogen-bond donors (Lipinski definition) is 1. The van der Waals surface area contributed by atoms with Crippen LogP contribution in [0.15, 0.2) is 59.7 Å². The largest absolute Gasteiger partial charge is 0.352 e. The van der Waals surface area contributed by atoms with Gasteiger partial charge < -0.3 is 5.32 Å². The summed E-state index contributed by atoms with van der Waals surface area (Å²) in [4.78, 5) is 28.8. The molecule has 5 nitrogen and oxygen atoms in total. The van der Waals surface area contributed by atoms with Gasteiger partial charge in [0.05, 0.1) is 17.2 Å². The summed E-state index contributed by atoms with van der Waals surface area (Å²) in [5, 5.41) is 3.45. The quantitative estimate of drug-likeness (QED) is 0.785. The first-order chi connectivity index (χ1) is 11.6. The molecule has 0 saturated carbocycles. The predicted octanol–water partition coefficient (Wildman–Crippen LogP) is 2.41. The van der Waals surface area contributed by atoms with Gasteiger partial charge >= 0.3 is 0 Å². The molecule has 0 aliphatic heterocycles. The van der Waals surface area contributed by atoms with E-state index < -0.39 is 0 Å². The fourth-order valence-corrected chi connectivity index (χ4v) is 2.60. The summed E-state index contributed by atoms with van der Waals surface area (Å²) in [5.41, 5.74) is 2.62. The Morgan fingerprint density at radius 3 is 2.71 bits per heavy atom. The van der Waals surface area contributed by atoms with E-state index in [1.165, 1.54) is 10.9 Å². The Balaban J connectivity index is 1.64. The molecule has 0 radical (unpaired) electrons. The van der Waals surface area contributed by atoms with Crippen molar-refractivity contribution in [2.75, 3.05) is 0 Å². The van der Waals surface area contributed by atoms with Gasteiger partial charge in [-0.15, -0.1) is 0 Å². The molecule has 0 saturated heterocycles. The van der Waals surface area contributed by atoms with Crippen LogP contribution in [0.5, 0.6) is 0 Å². The Morgan fingerprint density at radius 2 is 1.92 bits per heavy atom. The average Bonchev–Trinajstić information content (AvgIpc) is 2.61. The molecular weight excluding hydrogens is 302 g/mol. The molecule has 24 heavy (non-hydrogen) atoms. The maximum absolute atomic E-state index is 12.5. The Kier molecular flexibility index (Phi) is 4.70. The summed E-state index contributed by atoms with van der Waals surface area (Å²) in [5.74, 6) is -0.0879. The van der Waals surface area contributed by atoms with Gasteiger partial charge in [-0.25, -0.2) is 4.98 Å². The van der Waals surface area contributed by atoms with Crippen LogP contribution in [-0.2, 0) is 17.9 Å². The number of fused-ring (bicyclic) bond motifs is 1. The first-order valence-electron chi connectivity index (χ1n) is 7.90. The van der Waals surface area contributed by atoms with Gasteiger partial charge in [-0.1, -0.05) is 42.5 Å². The van der Waals surface area contributed by atoms with Crippen LogP contribution in [0.1, 0.15) is 17.5 Å². The number of carbonyl (C=O) groups is 1. The number of aromatic nitrogens is 2. The molecule has 0 spiro atoms. The molecule has 122 valence electrons. The summed E-state index contributed by atoms with van der Waals surface area (Å²) in [7, 11) is 0. The second-order valence-electron chi connectivity index (χ2n) is 5.73. The average molecular weight is 321 g/mol. The van der Waals surface area contributed by atoms with E-state index in [1.54, 1.807) is 6.07 Å². The highest BCUT2D eigenvalue weighted by Gasteiger charge is 2.07. The van der Waals surface area contributed by atoms with Crippen molar-refractivity contribution < 1.29 is 4.79 Å². The van der Waals surface area contributed by atoms with Gasteiger partial charge in [0.15, 0.2) is 0 Å². The molecule has 2 aromatic carbocycles.